The zero-order valence-electron chi connectivity index (χ0n) is 5.53. The summed E-state index contributed by atoms with van der Waals surface area (Å²) in [6.45, 7) is 0. The predicted octanol–water partition coefficient (Wildman–Crippen LogP) is 2.31. The molecule has 0 saturated carbocycles. The minimum Gasteiger partial charge on any atom is -0.870 e. The Morgan fingerprint density at radius 2 is 1.64 bits per heavy atom. The summed E-state index contributed by atoms with van der Waals surface area (Å²) < 4.78 is 0. The highest BCUT2D eigenvalue weighted by molar-refractivity contribution is 6.67. The van der Waals surface area contributed by atoms with Crippen molar-refractivity contribution in [1.29, 1.82) is 0 Å². The number of benzene rings is 1. The number of carbonyl (C=O) groups excluding carboxylic acids is 1. The summed E-state index contributed by atoms with van der Waals surface area (Å²) >= 11 is 5.16. The van der Waals surface area contributed by atoms with Gasteiger partial charge < -0.3 is 5.48 Å². The monoisotopic (exact) mass is 193 g/mol. The van der Waals surface area contributed by atoms with Gasteiger partial charge in [-0.2, -0.15) is 0 Å². The van der Waals surface area contributed by atoms with Crippen LogP contribution >= 0.6 is 24.0 Å². The van der Waals surface area contributed by atoms with Crippen molar-refractivity contribution in [2.24, 2.45) is 0 Å². The normalized spacial score (nSPS) is 7.36. The molecule has 4 heteroatoms. The van der Waals surface area contributed by atoms with Crippen LogP contribution in [0.3, 0.4) is 0 Å². The minimum absolute atomic E-state index is 0. The Morgan fingerprint density at radius 1 is 1.18 bits per heavy atom. The number of rotatable bonds is 1. The van der Waals surface area contributed by atoms with Gasteiger partial charge >= 0.3 is 0 Å². The molecule has 0 unspecified atom stereocenters. The van der Waals surface area contributed by atoms with Gasteiger partial charge in [0, 0.05) is 5.56 Å². The molecule has 2 nitrogen and oxygen atoms in total. The third-order valence-electron chi connectivity index (χ3n) is 1.00. The smallest absolute Gasteiger partial charge is 0.252 e. The molecule has 1 aromatic carbocycles. The molecule has 62 valence electrons. The van der Waals surface area contributed by atoms with Crippen molar-refractivity contribution in [2.45, 2.75) is 0 Å². The van der Waals surface area contributed by atoms with Gasteiger partial charge in [0.25, 0.3) is 5.24 Å². The van der Waals surface area contributed by atoms with E-state index in [2.05, 4.69) is 0 Å². The van der Waals surface area contributed by atoms with Gasteiger partial charge in [-0.25, -0.2) is 0 Å². The molecule has 1 N–H and O–H groups in total. The van der Waals surface area contributed by atoms with E-state index in [4.69, 9.17) is 11.6 Å². The average Bonchev–Trinajstić information content (AvgIpc) is 1.90. The molecule has 0 aliphatic heterocycles. The van der Waals surface area contributed by atoms with Gasteiger partial charge in [-0.15, -0.1) is 12.4 Å². The van der Waals surface area contributed by atoms with Crippen LogP contribution in [-0.2, 0) is 0 Å². The van der Waals surface area contributed by atoms with Gasteiger partial charge in [-0.1, -0.05) is 30.3 Å². The van der Waals surface area contributed by atoms with Crippen LogP contribution in [0, 0.1) is 0 Å². The summed E-state index contributed by atoms with van der Waals surface area (Å²) in [5.74, 6) is 0. The molecule has 1 rings (SSSR count). The molecular weight excluding hydrogens is 187 g/mol. The first-order valence-electron chi connectivity index (χ1n) is 2.55. The van der Waals surface area contributed by atoms with E-state index in [0.29, 0.717) is 5.56 Å². The van der Waals surface area contributed by atoms with Crippen molar-refractivity contribution in [3.63, 3.8) is 0 Å². The molecule has 0 spiro atoms. The SMILES string of the molecule is Cl.O=C(Cl)c1ccccc1.[OH-]. The number of hydrogen-bond acceptors (Lipinski definition) is 2. The quantitative estimate of drug-likeness (QED) is 0.644. The lowest BCUT2D eigenvalue weighted by Crippen LogP contribution is -1.84. The van der Waals surface area contributed by atoms with Crippen molar-refractivity contribution in [1.82, 2.24) is 0 Å². The molecule has 0 atom stereocenters. The molecule has 0 radical (unpaired) electrons. The Bertz CT molecular complexity index is 211. The van der Waals surface area contributed by atoms with E-state index in [9.17, 15) is 4.79 Å². The fourth-order valence-corrected chi connectivity index (χ4v) is 0.695. The predicted molar refractivity (Wildman–Crippen MR) is 45.8 cm³/mol. The Labute approximate surface area is 75.9 Å². The summed E-state index contributed by atoms with van der Waals surface area (Å²) in [5.41, 5.74) is 0.541. The molecular formula is C7H7Cl2O2-. The highest BCUT2D eigenvalue weighted by Crippen LogP contribution is 2.01. The first-order valence-corrected chi connectivity index (χ1v) is 2.93. The molecule has 0 heterocycles. The van der Waals surface area contributed by atoms with E-state index in [1.807, 2.05) is 6.07 Å². The van der Waals surface area contributed by atoms with E-state index in [1.54, 1.807) is 24.3 Å². The van der Waals surface area contributed by atoms with Crippen LogP contribution in [0.25, 0.3) is 0 Å². The number of hydrogen-bond donors (Lipinski definition) is 0. The maximum Gasteiger partial charge on any atom is 0.252 e. The largest absolute Gasteiger partial charge is 0.870 e. The third kappa shape index (κ3) is 3.98. The molecule has 0 fully saturated rings. The second-order valence-corrected chi connectivity index (χ2v) is 1.98. The molecule has 0 aliphatic rings. The maximum absolute atomic E-state index is 10.4. The van der Waals surface area contributed by atoms with Crippen LogP contribution < -0.4 is 0 Å². The van der Waals surface area contributed by atoms with Crippen molar-refractivity contribution in [3.05, 3.63) is 35.9 Å². The zero-order valence-corrected chi connectivity index (χ0v) is 7.10. The third-order valence-corrected chi connectivity index (χ3v) is 1.22. The Balaban J connectivity index is 0. The Hall–Kier alpha value is -0.570. The second-order valence-electron chi connectivity index (χ2n) is 1.64. The van der Waals surface area contributed by atoms with Crippen LogP contribution in [0.15, 0.2) is 30.3 Å². The lowest BCUT2D eigenvalue weighted by Gasteiger charge is -1.87. The topological polar surface area (TPSA) is 47.1 Å². The van der Waals surface area contributed by atoms with Gasteiger partial charge in [0.1, 0.15) is 0 Å². The van der Waals surface area contributed by atoms with E-state index < -0.39 is 5.24 Å². The van der Waals surface area contributed by atoms with Crippen LogP contribution in [0.4, 0.5) is 0 Å². The van der Waals surface area contributed by atoms with Gasteiger partial charge in [0.05, 0.1) is 0 Å². The standard InChI is InChI=1S/C7H5ClO.ClH.H2O/c8-7(9)6-4-2-1-3-5-6;;/h1-5H;1H;1H2/p-1. The first-order chi connectivity index (χ1) is 4.30. The summed E-state index contributed by atoms with van der Waals surface area (Å²) in [7, 11) is 0. The molecule has 1 aromatic rings. The molecule has 0 saturated heterocycles. The average molecular weight is 194 g/mol. The highest BCUT2D eigenvalue weighted by Gasteiger charge is 1.95. The molecule has 0 bridgehead atoms. The fraction of sp³-hybridized carbons (Fsp3) is 0. The molecule has 0 amide bonds. The summed E-state index contributed by atoms with van der Waals surface area (Å²) in [6, 6.07) is 8.74. The van der Waals surface area contributed by atoms with E-state index in [1.165, 1.54) is 0 Å². The fourth-order valence-electron chi connectivity index (χ4n) is 0.569. The van der Waals surface area contributed by atoms with Crippen LogP contribution in [0.1, 0.15) is 10.4 Å². The van der Waals surface area contributed by atoms with Gasteiger partial charge in [0.15, 0.2) is 0 Å². The lowest BCUT2D eigenvalue weighted by molar-refractivity contribution is 0.108. The van der Waals surface area contributed by atoms with Gasteiger partial charge in [0.2, 0.25) is 0 Å². The number of carbonyl (C=O) groups is 1. The van der Waals surface area contributed by atoms with Gasteiger partial charge in [-0.05, 0) is 11.6 Å². The zero-order chi connectivity index (χ0) is 6.69. The van der Waals surface area contributed by atoms with E-state index >= 15 is 0 Å². The summed E-state index contributed by atoms with van der Waals surface area (Å²) in [5, 5.41) is -0.407. The maximum atomic E-state index is 10.4. The lowest BCUT2D eigenvalue weighted by atomic mass is 10.2. The van der Waals surface area contributed by atoms with Crippen LogP contribution in [-0.4, -0.2) is 10.7 Å². The second kappa shape index (κ2) is 6.16. The van der Waals surface area contributed by atoms with Crippen LogP contribution in [0.5, 0.6) is 0 Å². The summed E-state index contributed by atoms with van der Waals surface area (Å²) in [6.07, 6.45) is 0. The highest BCUT2D eigenvalue weighted by atomic mass is 35.5. The Kier molecular flexibility index (Phi) is 7.31. The Morgan fingerprint density at radius 3 is 1.91 bits per heavy atom. The van der Waals surface area contributed by atoms with E-state index in [0.717, 1.165) is 0 Å². The molecule has 0 aliphatic carbocycles. The minimum atomic E-state index is -0.407. The number of halogens is 2. The van der Waals surface area contributed by atoms with Crippen molar-refractivity contribution >= 4 is 29.3 Å². The van der Waals surface area contributed by atoms with Crippen LogP contribution in [0.2, 0.25) is 0 Å². The molecule has 11 heavy (non-hydrogen) atoms. The van der Waals surface area contributed by atoms with Crippen molar-refractivity contribution < 1.29 is 10.3 Å². The van der Waals surface area contributed by atoms with Crippen molar-refractivity contribution in [3.8, 4) is 0 Å². The summed E-state index contributed by atoms with van der Waals surface area (Å²) in [4.78, 5) is 10.4. The molecule has 0 aromatic heterocycles. The van der Waals surface area contributed by atoms with Crippen molar-refractivity contribution in [2.75, 3.05) is 0 Å². The van der Waals surface area contributed by atoms with E-state index in [-0.39, 0.29) is 17.9 Å². The first kappa shape index (κ1) is 13.1. The van der Waals surface area contributed by atoms with Gasteiger partial charge in [-0.3, -0.25) is 4.79 Å².